The maximum absolute atomic E-state index is 13.2. The molecule has 1 unspecified atom stereocenters. The van der Waals surface area contributed by atoms with Crippen molar-refractivity contribution in [3.05, 3.63) is 42.2 Å². The molecule has 1 aromatic heterocycles. The first-order valence-corrected chi connectivity index (χ1v) is 12.3. The third kappa shape index (κ3) is 10.6. The van der Waals surface area contributed by atoms with E-state index in [9.17, 15) is 18.0 Å². The van der Waals surface area contributed by atoms with E-state index in [0.29, 0.717) is 30.2 Å². The molecule has 0 aliphatic carbocycles. The SMILES string of the molecule is CCCCCCCCOc1cnc(-c2ccc(C(=O)OC(COCCCC)C(F)(F)F)cc2)nc1. The predicted molar refractivity (Wildman–Crippen MR) is 127 cm³/mol. The lowest BCUT2D eigenvalue weighted by molar-refractivity contribution is -0.217. The van der Waals surface area contributed by atoms with Crippen molar-refractivity contribution in [1.82, 2.24) is 9.97 Å². The van der Waals surface area contributed by atoms with Crippen molar-refractivity contribution in [3.63, 3.8) is 0 Å². The van der Waals surface area contributed by atoms with Gasteiger partial charge in [-0.2, -0.15) is 13.2 Å². The first-order valence-electron chi connectivity index (χ1n) is 12.3. The van der Waals surface area contributed by atoms with Crippen molar-refractivity contribution >= 4 is 5.97 Å². The van der Waals surface area contributed by atoms with E-state index in [1.54, 1.807) is 24.5 Å². The molecular weight excluding hydrogens is 461 g/mol. The molecular formula is C26H35F3N2O4. The fraction of sp³-hybridized carbons (Fsp3) is 0.577. The zero-order chi connectivity index (χ0) is 25.5. The molecule has 0 amide bonds. The van der Waals surface area contributed by atoms with Crippen LogP contribution in [0.25, 0.3) is 11.4 Å². The number of carbonyl (C=O) groups excluding carboxylic acids is 1. The van der Waals surface area contributed by atoms with Crippen LogP contribution in [0.15, 0.2) is 36.7 Å². The highest BCUT2D eigenvalue weighted by Crippen LogP contribution is 2.25. The molecule has 0 N–H and O–H groups in total. The van der Waals surface area contributed by atoms with Crippen LogP contribution in [0.3, 0.4) is 0 Å². The van der Waals surface area contributed by atoms with E-state index >= 15 is 0 Å². The van der Waals surface area contributed by atoms with Crippen LogP contribution in [0, 0.1) is 0 Å². The number of hydrogen-bond donors (Lipinski definition) is 0. The normalized spacial score (nSPS) is 12.4. The van der Waals surface area contributed by atoms with Gasteiger partial charge in [0.25, 0.3) is 0 Å². The average Bonchev–Trinajstić information content (AvgIpc) is 2.85. The number of hydrogen-bond acceptors (Lipinski definition) is 6. The molecule has 1 atom stereocenters. The molecule has 0 spiro atoms. The Morgan fingerprint density at radius 3 is 2.14 bits per heavy atom. The van der Waals surface area contributed by atoms with Crippen LogP contribution in [0.1, 0.15) is 75.6 Å². The number of rotatable bonds is 16. The van der Waals surface area contributed by atoms with Crippen LogP contribution in [-0.4, -0.2) is 48.0 Å². The maximum atomic E-state index is 13.2. The highest BCUT2D eigenvalue weighted by molar-refractivity contribution is 5.90. The zero-order valence-electron chi connectivity index (χ0n) is 20.5. The molecule has 2 aromatic rings. The molecule has 0 fully saturated rings. The monoisotopic (exact) mass is 496 g/mol. The average molecular weight is 497 g/mol. The van der Waals surface area contributed by atoms with Crippen LogP contribution in [-0.2, 0) is 9.47 Å². The second-order valence-electron chi connectivity index (χ2n) is 8.30. The Morgan fingerprint density at radius 2 is 1.51 bits per heavy atom. The Hall–Kier alpha value is -2.68. The van der Waals surface area contributed by atoms with Gasteiger partial charge < -0.3 is 14.2 Å². The van der Waals surface area contributed by atoms with E-state index < -0.39 is 24.9 Å². The fourth-order valence-corrected chi connectivity index (χ4v) is 3.20. The van der Waals surface area contributed by atoms with E-state index in [1.165, 1.54) is 37.8 Å². The Labute approximate surface area is 205 Å². The molecule has 194 valence electrons. The quantitative estimate of drug-likeness (QED) is 0.188. The Kier molecular flexibility index (Phi) is 12.5. The van der Waals surface area contributed by atoms with Gasteiger partial charge in [-0.15, -0.1) is 0 Å². The van der Waals surface area contributed by atoms with Gasteiger partial charge in [-0.05, 0) is 25.0 Å². The molecule has 0 saturated heterocycles. The van der Waals surface area contributed by atoms with Gasteiger partial charge in [0.2, 0.25) is 6.10 Å². The van der Waals surface area contributed by atoms with E-state index in [2.05, 4.69) is 21.6 Å². The second-order valence-corrected chi connectivity index (χ2v) is 8.30. The minimum atomic E-state index is -4.71. The number of unbranched alkanes of at least 4 members (excludes halogenated alkanes) is 6. The number of ether oxygens (including phenoxy) is 3. The number of benzene rings is 1. The molecule has 0 bridgehead atoms. The third-order valence-electron chi connectivity index (χ3n) is 5.30. The van der Waals surface area contributed by atoms with E-state index in [-0.39, 0.29) is 12.2 Å². The number of alkyl halides is 3. The van der Waals surface area contributed by atoms with Gasteiger partial charge in [-0.25, -0.2) is 14.8 Å². The van der Waals surface area contributed by atoms with Crippen LogP contribution < -0.4 is 4.74 Å². The summed E-state index contributed by atoms with van der Waals surface area (Å²) in [4.78, 5) is 20.8. The number of carbonyl (C=O) groups is 1. The molecule has 9 heteroatoms. The molecule has 0 aliphatic heterocycles. The molecule has 35 heavy (non-hydrogen) atoms. The van der Waals surface area contributed by atoms with Gasteiger partial charge >= 0.3 is 12.1 Å². The summed E-state index contributed by atoms with van der Waals surface area (Å²) in [6.45, 7) is 4.15. The summed E-state index contributed by atoms with van der Waals surface area (Å²) in [5, 5.41) is 0. The number of halogens is 3. The van der Waals surface area contributed by atoms with Crippen LogP contribution in [0.4, 0.5) is 13.2 Å². The summed E-state index contributed by atoms with van der Waals surface area (Å²) in [5.74, 6) is -0.0893. The molecule has 2 rings (SSSR count). The Morgan fingerprint density at radius 1 is 0.886 bits per heavy atom. The van der Waals surface area contributed by atoms with Crippen LogP contribution >= 0.6 is 0 Å². The smallest absolute Gasteiger partial charge is 0.427 e. The molecule has 0 aliphatic rings. The van der Waals surface area contributed by atoms with Gasteiger partial charge in [0, 0.05) is 12.2 Å². The lowest BCUT2D eigenvalue weighted by Gasteiger charge is -2.20. The molecule has 1 aromatic carbocycles. The van der Waals surface area contributed by atoms with Crippen molar-refractivity contribution < 1.29 is 32.2 Å². The Balaban J connectivity index is 1.86. The highest BCUT2D eigenvalue weighted by Gasteiger charge is 2.43. The molecule has 1 heterocycles. The minimum absolute atomic E-state index is 0.00421. The van der Waals surface area contributed by atoms with Crippen molar-refractivity contribution in [2.75, 3.05) is 19.8 Å². The lowest BCUT2D eigenvalue weighted by Crippen LogP contribution is -2.38. The fourth-order valence-electron chi connectivity index (χ4n) is 3.20. The summed E-state index contributed by atoms with van der Waals surface area (Å²) in [6, 6.07) is 5.89. The van der Waals surface area contributed by atoms with Crippen LogP contribution in [0.5, 0.6) is 5.75 Å². The third-order valence-corrected chi connectivity index (χ3v) is 5.30. The van der Waals surface area contributed by atoms with Gasteiger partial charge in [-0.1, -0.05) is 64.5 Å². The van der Waals surface area contributed by atoms with Crippen molar-refractivity contribution in [2.24, 2.45) is 0 Å². The molecule has 0 saturated carbocycles. The van der Waals surface area contributed by atoms with Crippen molar-refractivity contribution in [3.8, 4) is 17.1 Å². The van der Waals surface area contributed by atoms with Crippen molar-refractivity contribution in [1.29, 1.82) is 0 Å². The standard InChI is InChI=1S/C26H35F3N2O4/c1-3-5-7-8-9-10-16-34-22-17-30-24(31-18-22)20-11-13-21(14-12-20)25(32)35-23(26(27,28)29)19-33-15-6-4-2/h11-14,17-18,23H,3-10,15-16,19H2,1-2H3. The molecule has 0 radical (unpaired) electrons. The zero-order valence-corrected chi connectivity index (χ0v) is 20.5. The summed E-state index contributed by atoms with van der Waals surface area (Å²) in [7, 11) is 0. The molecule has 6 nitrogen and oxygen atoms in total. The maximum Gasteiger partial charge on any atom is 0.427 e. The van der Waals surface area contributed by atoms with Gasteiger partial charge in [0.1, 0.15) is 0 Å². The highest BCUT2D eigenvalue weighted by atomic mass is 19.4. The number of esters is 1. The number of aromatic nitrogens is 2. The topological polar surface area (TPSA) is 70.5 Å². The summed E-state index contributed by atoms with van der Waals surface area (Å²) >= 11 is 0. The number of nitrogens with zero attached hydrogens (tertiary/aromatic N) is 2. The second kappa shape index (κ2) is 15.3. The summed E-state index contributed by atoms with van der Waals surface area (Å²) in [6.07, 6.45) is 4.60. The van der Waals surface area contributed by atoms with Crippen LogP contribution in [0.2, 0.25) is 0 Å². The summed E-state index contributed by atoms with van der Waals surface area (Å²) < 4.78 is 55.0. The first-order chi connectivity index (χ1) is 16.8. The van der Waals surface area contributed by atoms with Gasteiger partial charge in [-0.3, -0.25) is 0 Å². The first kappa shape index (κ1) is 28.6. The largest absolute Gasteiger partial charge is 0.490 e. The van der Waals surface area contributed by atoms with Crippen molar-refractivity contribution in [2.45, 2.75) is 77.5 Å². The lowest BCUT2D eigenvalue weighted by atomic mass is 10.1. The van der Waals surface area contributed by atoms with Gasteiger partial charge in [0.15, 0.2) is 11.6 Å². The summed E-state index contributed by atoms with van der Waals surface area (Å²) in [5.41, 5.74) is 0.606. The van der Waals surface area contributed by atoms with Gasteiger partial charge in [0.05, 0.1) is 31.2 Å². The minimum Gasteiger partial charge on any atom is -0.490 e. The Bertz CT molecular complexity index is 858. The van der Waals surface area contributed by atoms with E-state index in [4.69, 9.17) is 9.47 Å². The predicted octanol–water partition coefficient (Wildman–Crippen LogP) is 6.79. The van der Waals surface area contributed by atoms with E-state index in [0.717, 1.165) is 19.3 Å². The van der Waals surface area contributed by atoms with E-state index in [1.807, 2.05) is 6.92 Å².